The Kier molecular flexibility index (Phi) is 2.99. The molecule has 5 heteroatoms. The lowest BCUT2D eigenvalue weighted by atomic mass is 10.0. The Hall–Kier alpha value is -2.23. The largest absolute Gasteiger partial charge is 0.464 e. The third-order valence-electron chi connectivity index (χ3n) is 3.55. The molecule has 0 spiro atoms. The van der Waals surface area contributed by atoms with E-state index >= 15 is 0 Å². The Bertz CT molecular complexity index is 1080. The number of halogens is 2. The average molecular weight is 331 g/mol. The van der Waals surface area contributed by atoms with Gasteiger partial charge in [0.15, 0.2) is 0 Å². The van der Waals surface area contributed by atoms with Gasteiger partial charge in [-0.3, -0.25) is 0 Å². The van der Waals surface area contributed by atoms with Gasteiger partial charge in [0.1, 0.15) is 11.2 Å². The summed E-state index contributed by atoms with van der Waals surface area (Å²) in [5, 5.41) is 2.74. The molecule has 2 aromatic heterocycles. The second-order valence-corrected chi connectivity index (χ2v) is 5.73. The van der Waals surface area contributed by atoms with Crippen molar-refractivity contribution in [3.63, 3.8) is 0 Å². The van der Waals surface area contributed by atoms with Gasteiger partial charge in [0, 0.05) is 28.5 Å². The second-order valence-electron chi connectivity index (χ2n) is 4.92. The normalized spacial score (nSPS) is 11.4. The molecular weight excluding hydrogens is 323 g/mol. The summed E-state index contributed by atoms with van der Waals surface area (Å²) in [4.78, 5) is 11.3. The van der Waals surface area contributed by atoms with Crippen LogP contribution in [0.15, 0.2) is 62.4 Å². The van der Waals surface area contributed by atoms with Gasteiger partial charge in [-0.25, -0.2) is 4.79 Å². The molecule has 108 valence electrons. The minimum absolute atomic E-state index is 0.386. The Balaban J connectivity index is 2.00. The summed E-state index contributed by atoms with van der Waals surface area (Å²) in [6.07, 6.45) is 1.65. The van der Waals surface area contributed by atoms with Gasteiger partial charge in [0.25, 0.3) is 0 Å². The van der Waals surface area contributed by atoms with Crippen LogP contribution in [0.5, 0.6) is 0 Å². The summed E-state index contributed by atoms with van der Waals surface area (Å²) in [7, 11) is 0. The van der Waals surface area contributed by atoms with Crippen molar-refractivity contribution in [1.29, 1.82) is 0 Å². The molecule has 22 heavy (non-hydrogen) atoms. The van der Waals surface area contributed by atoms with Crippen LogP contribution in [0.2, 0.25) is 10.0 Å². The first-order valence-electron chi connectivity index (χ1n) is 6.52. The summed E-state index contributed by atoms with van der Waals surface area (Å²) in [6.45, 7) is 0. The van der Waals surface area contributed by atoms with E-state index in [2.05, 4.69) is 0 Å². The lowest BCUT2D eigenvalue weighted by molar-refractivity contribution is 0.559. The summed E-state index contributed by atoms with van der Waals surface area (Å²) in [5.41, 5.74) is 2.56. The van der Waals surface area contributed by atoms with Crippen LogP contribution in [0.25, 0.3) is 33.1 Å². The molecule has 0 amide bonds. The van der Waals surface area contributed by atoms with Gasteiger partial charge in [-0.05, 0) is 29.8 Å². The van der Waals surface area contributed by atoms with Crippen molar-refractivity contribution in [2.24, 2.45) is 0 Å². The third-order valence-corrected chi connectivity index (χ3v) is 4.29. The van der Waals surface area contributed by atoms with Crippen LogP contribution < -0.4 is 5.63 Å². The van der Waals surface area contributed by atoms with Crippen molar-refractivity contribution in [1.82, 2.24) is 0 Å². The number of rotatable bonds is 1. The maximum atomic E-state index is 11.3. The zero-order chi connectivity index (χ0) is 15.3. The zero-order valence-electron chi connectivity index (χ0n) is 11.1. The van der Waals surface area contributed by atoms with Crippen LogP contribution in [-0.2, 0) is 0 Å². The van der Waals surface area contributed by atoms with E-state index in [9.17, 15) is 4.79 Å². The van der Waals surface area contributed by atoms with Crippen LogP contribution in [0, 0.1) is 0 Å². The second kappa shape index (κ2) is 4.90. The summed E-state index contributed by atoms with van der Waals surface area (Å²) in [5.74, 6) is 0. The molecule has 0 radical (unpaired) electrons. The minimum Gasteiger partial charge on any atom is -0.464 e. The van der Waals surface area contributed by atoms with Gasteiger partial charge < -0.3 is 8.83 Å². The fraction of sp³-hybridized carbons (Fsp3) is 0. The highest BCUT2D eigenvalue weighted by Crippen LogP contribution is 2.35. The van der Waals surface area contributed by atoms with Crippen LogP contribution in [0.4, 0.5) is 0 Å². The number of benzene rings is 2. The Labute approximate surface area is 134 Å². The molecule has 0 N–H and O–H groups in total. The van der Waals surface area contributed by atoms with Gasteiger partial charge in [-0.2, -0.15) is 0 Å². The molecule has 4 aromatic rings. The quantitative estimate of drug-likeness (QED) is 0.432. The van der Waals surface area contributed by atoms with Gasteiger partial charge in [0.2, 0.25) is 0 Å². The van der Waals surface area contributed by atoms with Crippen LogP contribution in [0.1, 0.15) is 0 Å². The monoisotopic (exact) mass is 330 g/mol. The maximum absolute atomic E-state index is 11.3. The molecule has 0 fully saturated rings. The summed E-state index contributed by atoms with van der Waals surface area (Å²) < 4.78 is 10.7. The fourth-order valence-electron chi connectivity index (χ4n) is 2.48. The van der Waals surface area contributed by atoms with E-state index in [-0.39, 0.29) is 5.63 Å². The zero-order valence-corrected chi connectivity index (χ0v) is 12.6. The van der Waals surface area contributed by atoms with Crippen LogP contribution in [-0.4, -0.2) is 0 Å². The Morgan fingerprint density at radius 2 is 1.73 bits per heavy atom. The molecule has 0 aliphatic rings. The highest BCUT2D eigenvalue weighted by atomic mass is 35.5. The molecule has 0 bridgehead atoms. The molecular formula is C17H8Cl2O3. The van der Waals surface area contributed by atoms with E-state index < -0.39 is 0 Å². The first-order chi connectivity index (χ1) is 10.6. The van der Waals surface area contributed by atoms with Crippen LogP contribution >= 0.6 is 23.2 Å². The van der Waals surface area contributed by atoms with Crippen molar-refractivity contribution < 1.29 is 8.83 Å². The van der Waals surface area contributed by atoms with E-state index in [1.165, 1.54) is 6.07 Å². The standard InChI is InChI=1S/C17H8Cl2O3/c18-13-3-1-9(6-14(13)19)12-8-21-16-7-15-10(5-11(12)16)2-4-17(20)22-15/h1-8H. The smallest absolute Gasteiger partial charge is 0.336 e. The summed E-state index contributed by atoms with van der Waals surface area (Å²) >= 11 is 12.0. The molecule has 3 nitrogen and oxygen atoms in total. The van der Waals surface area contributed by atoms with Crippen molar-refractivity contribution >= 4 is 45.1 Å². The maximum Gasteiger partial charge on any atom is 0.336 e. The molecule has 0 atom stereocenters. The van der Waals surface area contributed by atoms with E-state index in [0.717, 1.165) is 21.9 Å². The first kappa shape index (κ1) is 13.4. The van der Waals surface area contributed by atoms with E-state index in [4.69, 9.17) is 32.0 Å². The van der Waals surface area contributed by atoms with Crippen molar-refractivity contribution in [2.75, 3.05) is 0 Å². The molecule has 0 unspecified atom stereocenters. The third kappa shape index (κ3) is 2.10. The lowest BCUT2D eigenvalue weighted by Crippen LogP contribution is -1.93. The molecule has 0 saturated heterocycles. The number of hydrogen-bond donors (Lipinski definition) is 0. The van der Waals surface area contributed by atoms with Crippen molar-refractivity contribution in [2.45, 2.75) is 0 Å². The molecule has 4 rings (SSSR count). The van der Waals surface area contributed by atoms with Gasteiger partial charge in [-0.15, -0.1) is 0 Å². The predicted octanol–water partition coefficient (Wildman–Crippen LogP) is 5.51. The van der Waals surface area contributed by atoms with Gasteiger partial charge in [-0.1, -0.05) is 29.3 Å². The molecule has 0 aliphatic carbocycles. The molecule has 2 heterocycles. The fourth-order valence-corrected chi connectivity index (χ4v) is 2.78. The van der Waals surface area contributed by atoms with E-state index in [0.29, 0.717) is 21.2 Å². The topological polar surface area (TPSA) is 43.4 Å². The number of furan rings is 1. The van der Waals surface area contributed by atoms with Crippen LogP contribution in [0.3, 0.4) is 0 Å². The Morgan fingerprint density at radius 1 is 0.864 bits per heavy atom. The Morgan fingerprint density at radius 3 is 2.55 bits per heavy atom. The average Bonchev–Trinajstić information content (AvgIpc) is 2.90. The minimum atomic E-state index is -0.386. The number of hydrogen-bond acceptors (Lipinski definition) is 3. The molecule has 2 aromatic carbocycles. The highest BCUT2D eigenvalue weighted by Gasteiger charge is 2.12. The lowest BCUT2D eigenvalue weighted by Gasteiger charge is -2.02. The molecule has 0 saturated carbocycles. The van der Waals surface area contributed by atoms with E-state index in [1.54, 1.807) is 30.5 Å². The van der Waals surface area contributed by atoms with E-state index in [1.807, 2.05) is 12.1 Å². The SMILES string of the molecule is O=c1ccc2cc3c(-c4ccc(Cl)c(Cl)c4)coc3cc2o1. The highest BCUT2D eigenvalue weighted by molar-refractivity contribution is 6.42. The predicted molar refractivity (Wildman–Crippen MR) is 87.7 cm³/mol. The summed E-state index contributed by atoms with van der Waals surface area (Å²) in [6, 6.07) is 12.2. The molecule has 0 aliphatic heterocycles. The van der Waals surface area contributed by atoms with Crippen molar-refractivity contribution in [3.8, 4) is 11.1 Å². The van der Waals surface area contributed by atoms with Gasteiger partial charge in [0.05, 0.1) is 16.3 Å². The first-order valence-corrected chi connectivity index (χ1v) is 7.28. The number of fused-ring (bicyclic) bond motifs is 2. The van der Waals surface area contributed by atoms with Gasteiger partial charge >= 0.3 is 5.63 Å². The van der Waals surface area contributed by atoms with Crippen molar-refractivity contribution in [3.05, 3.63) is 69.2 Å².